The monoisotopic (exact) mass is 302 g/mol. The minimum absolute atomic E-state index is 0.0609. The molecule has 2 rings (SSSR count). The number of nitrogens with zero attached hydrogens (tertiary/aromatic N) is 2. The van der Waals surface area contributed by atoms with Gasteiger partial charge >= 0.3 is 0 Å². The van der Waals surface area contributed by atoms with Gasteiger partial charge in [-0.05, 0) is 12.5 Å². The average Bonchev–Trinajstić information content (AvgIpc) is 2.96. The van der Waals surface area contributed by atoms with Crippen LogP contribution in [0.3, 0.4) is 0 Å². The maximum atomic E-state index is 5.32. The molecule has 4 heteroatoms. The molecular weight excluding hydrogens is 280 g/mol. The quantitative estimate of drug-likeness (QED) is 0.688. The SMILES string of the molecule is C=CCN(Cc1ccccc1)Cc1csc(C(C)OC)n1. The Morgan fingerprint density at radius 1 is 1.33 bits per heavy atom. The van der Waals surface area contributed by atoms with Crippen LogP contribution in [0.1, 0.15) is 29.3 Å². The van der Waals surface area contributed by atoms with E-state index >= 15 is 0 Å². The minimum Gasteiger partial charge on any atom is -0.375 e. The molecule has 1 heterocycles. The zero-order valence-corrected chi connectivity index (χ0v) is 13.5. The van der Waals surface area contributed by atoms with Gasteiger partial charge in [0.2, 0.25) is 0 Å². The number of hydrogen-bond acceptors (Lipinski definition) is 4. The number of methoxy groups -OCH3 is 1. The van der Waals surface area contributed by atoms with Gasteiger partial charge in [-0.25, -0.2) is 4.98 Å². The smallest absolute Gasteiger partial charge is 0.122 e. The van der Waals surface area contributed by atoms with Crippen LogP contribution < -0.4 is 0 Å². The van der Waals surface area contributed by atoms with Crippen LogP contribution in [0.2, 0.25) is 0 Å². The molecule has 21 heavy (non-hydrogen) atoms. The largest absolute Gasteiger partial charge is 0.375 e. The molecule has 0 N–H and O–H groups in total. The standard InChI is InChI=1S/C17H22N2OS/c1-4-10-19(11-15-8-6-5-7-9-15)12-16-13-21-17(18-16)14(2)20-3/h4-9,13-14H,1,10-12H2,2-3H3. The lowest BCUT2D eigenvalue weighted by atomic mass is 10.2. The number of benzene rings is 1. The third-order valence-electron chi connectivity index (χ3n) is 3.29. The first kappa shape index (κ1) is 15.9. The summed E-state index contributed by atoms with van der Waals surface area (Å²) in [4.78, 5) is 6.99. The Kier molecular flexibility index (Phi) is 6.11. The molecule has 0 aliphatic rings. The highest BCUT2D eigenvalue weighted by Crippen LogP contribution is 2.21. The lowest BCUT2D eigenvalue weighted by Gasteiger charge is -2.19. The van der Waals surface area contributed by atoms with Crippen LogP contribution in [-0.2, 0) is 17.8 Å². The van der Waals surface area contributed by atoms with E-state index in [2.05, 4.69) is 46.1 Å². The maximum absolute atomic E-state index is 5.32. The summed E-state index contributed by atoms with van der Waals surface area (Å²) in [7, 11) is 1.71. The van der Waals surface area contributed by atoms with Crippen molar-refractivity contribution in [2.45, 2.75) is 26.1 Å². The highest BCUT2D eigenvalue weighted by molar-refractivity contribution is 7.09. The normalized spacial score (nSPS) is 12.5. The Bertz CT molecular complexity index is 553. The van der Waals surface area contributed by atoms with Crippen LogP contribution in [0.4, 0.5) is 0 Å². The van der Waals surface area contributed by atoms with Crippen molar-refractivity contribution in [3.05, 3.63) is 64.6 Å². The zero-order chi connectivity index (χ0) is 15.1. The van der Waals surface area contributed by atoms with E-state index in [9.17, 15) is 0 Å². The van der Waals surface area contributed by atoms with E-state index in [0.29, 0.717) is 0 Å². The van der Waals surface area contributed by atoms with Crippen molar-refractivity contribution in [3.8, 4) is 0 Å². The highest BCUT2D eigenvalue weighted by atomic mass is 32.1. The van der Waals surface area contributed by atoms with E-state index in [1.165, 1.54) is 5.56 Å². The molecule has 3 nitrogen and oxygen atoms in total. The summed E-state index contributed by atoms with van der Waals surface area (Å²) in [5.74, 6) is 0. The first-order chi connectivity index (χ1) is 10.2. The molecule has 1 unspecified atom stereocenters. The second kappa shape index (κ2) is 8.08. The molecule has 2 aromatic rings. The predicted molar refractivity (Wildman–Crippen MR) is 88.3 cm³/mol. The van der Waals surface area contributed by atoms with E-state index < -0.39 is 0 Å². The van der Waals surface area contributed by atoms with Gasteiger partial charge in [0.25, 0.3) is 0 Å². The molecule has 0 saturated heterocycles. The molecule has 0 aliphatic heterocycles. The molecule has 112 valence electrons. The second-order valence-electron chi connectivity index (χ2n) is 5.00. The van der Waals surface area contributed by atoms with Crippen LogP contribution in [-0.4, -0.2) is 23.5 Å². The molecule has 0 spiro atoms. The highest BCUT2D eigenvalue weighted by Gasteiger charge is 2.12. The van der Waals surface area contributed by atoms with Gasteiger partial charge in [-0.3, -0.25) is 4.90 Å². The van der Waals surface area contributed by atoms with Crippen LogP contribution in [0.15, 0.2) is 48.4 Å². The zero-order valence-electron chi connectivity index (χ0n) is 12.7. The molecule has 0 fully saturated rings. The van der Waals surface area contributed by atoms with E-state index in [1.54, 1.807) is 18.4 Å². The number of aromatic nitrogens is 1. The van der Waals surface area contributed by atoms with Crippen LogP contribution in [0.25, 0.3) is 0 Å². The summed E-state index contributed by atoms with van der Waals surface area (Å²) in [5, 5.41) is 3.15. The summed E-state index contributed by atoms with van der Waals surface area (Å²) in [6.45, 7) is 8.45. The van der Waals surface area contributed by atoms with Gasteiger partial charge in [0.05, 0.1) is 5.69 Å². The number of rotatable bonds is 8. The van der Waals surface area contributed by atoms with Crippen molar-refractivity contribution in [2.75, 3.05) is 13.7 Å². The van der Waals surface area contributed by atoms with Crippen LogP contribution >= 0.6 is 11.3 Å². The number of hydrogen-bond donors (Lipinski definition) is 0. The molecule has 1 aromatic carbocycles. The Morgan fingerprint density at radius 2 is 2.10 bits per heavy atom. The average molecular weight is 302 g/mol. The Hall–Kier alpha value is -1.49. The van der Waals surface area contributed by atoms with Crippen molar-refractivity contribution < 1.29 is 4.74 Å². The molecule has 0 amide bonds. The molecule has 0 saturated carbocycles. The molecule has 0 bridgehead atoms. The number of ether oxygens (including phenoxy) is 1. The van der Waals surface area contributed by atoms with E-state index in [4.69, 9.17) is 4.74 Å². The molecule has 1 aromatic heterocycles. The Morgan fingerprint density at radius 3 is 2.76 bits per heavy atom. The molecule has 0 radical (unpaired) electrons. The van der Waals surface area contributed by atoms with E-state index in [1.807, 2.05) is 19.1 Å². The van der Waals surface area contributed by atoms with Gasteiger partial charge in [0.15, 0.2) is 0 Å². The van der Waals surface area contributed by atoms with Gasteiger partial charge in [-0.15, -0.1) is 17.9 Å². The first-order valence-corrected chi connectivity index (χ1v) is 7.95. The molecular formula is C17H22N2OS. The third kappa shape index (κ3) is 4.77. The summed E-state index contributed by atoms with van der Waals surface area (Å²) >= 11 is 1.66. The van der Waals surface area contributed by atoms with Crippen molar-refractivity contribution in [1.29, 1.82) is 0 Å². The fourth-order valence-corrected chi connectivity index (χ4v) is 2.96. The van der Waals surface area contributed by atoms with Gasteiger partial charge in [-0.1, -0.05) is 36.4 Å². The van der Waals surface area contributed by atoms with Crippen LogP contribution in [0.5, 0.6) is 0 Å². The summed E-state index contributed by atoms with van der Waals surface area (Å²) in [6.07, 6.45) is 2.00. The van der Waals surface area contributed by atoms with E-state index in [0.717, 1.165) is 30.3 Å². The topological polar surface area (TPSA) is 25.4 Å². The van der Waals surface area contributed by atoms with Crippen molar-refractivity contribution >= 4 is 11.3 Å². The second-order valence-corrected chi connectivity index (χ2v) is 5.89. The predicted octanol–water partition coefficient (Wildman–Crippen LogP) is 4.04. The van der Waals surface area contributed by atoms with Gasteiger partial charge in [0.1, 0.15) is 11.1 Å². The van der Waals surface area contributed by atoms with Crippen LogP contribution in [0, 0.1) is 0 Å². The maximum Gasteiger partial charge on any atom is 0.122 e. The van der Waals surface area contributed by atoms with Gasteiger partial charge in [-0.2, -0.15) is 0 Å². The Labute approximate surface area is 130 Å². The fraction of sp³-hybridized carbons (Fsp3) is 0.353. The summed E-state index contributed by atoms with van der Waals surface area (Å²) < 4.78 is 5.32. The lowest BCUT2D eigenvalue weighted by molar-refractivity contribution is 0.119. The van der Waals surface area contributed by atoms with Crippen molar-refractivity contribution in [1.82, 2.24) is 9.88 Å². The molecule has 1 atom stereocenters. The third-order valence-corrected chi connectivity index (χ3v) is 4.35. The summed E-state index contributed by atoms with van der Waals surface area (Å²) in [6, 6.07) is 10.5. The van der Waals surface area contributed by atoms with Gasteiger partial charge < -0.3 is 4.74 Å². The van der Waals surface area contributed by atoms with Crippen molar-refractivity contribution in [2.24, 2.45) is 0 Å². The molecule has 0 aliphatic carbocycles. The fourth-order valence-electron chi connectivity index (χ4n) is 2.12. The number of thiazole rings is 1. The van der Waals surface area contributed by atoms with Crippen molar-refractivity contribution in [3.63, 3.8) is 0 Å². The summed E-state index contributed by atoms with van der Waals surface area (Å²) in [5.41, 5.74) is 2.40. The van der Waals surface area contributed by atoms with Gasteiger partial charge in [0, 0.05) is 32.1 Å². The van der Waals surface area contributed by atoms with E-state index in [-0.39, 0.29) is 6.10 Å². The Balaban J connectivity index is 2.02. The minimum atomic E-state index is 0.0609. The first-order valence-electron chi connectivity index (χ1n) is 7.07. The lowest BCUT2D eigenvalue weighted by Crippen LogP contribution is -2.23.